The molecule has 1 aromatic carbocycles. The molecule has 0 bridgehead atoms. The lowest BCUT2D eigenvalue weighted by Crippen LogP contribution is -2.41. The van der Waals surface area contributed by atoms with E-state index in [0.717, 1.165) is 5.56 Å². The first-order valence-electron chi connectivity index (χ1n) is 6.49. The number of esters is 1. The number of hydrogen-bond acceptors (Lipinski definition) is 4. The average molecular weight is 265 g/mol. The highest BCUT2D eigenvalue weighted by Gasteiger charge is 2.29. The maximum atomic E-state index is 12.1. The summed E-state index contributed by atoms with van der Waals surface area (Å²) in [6, 6.07) is 8.97. The molecule has 0 aliphatic carbocycles. The largest absolute Gasteiger partial charge is 0.465 e. The molecule has 0 fully saturated rings. The van der Waals surface area contributed by atoms with Crippen LogP contribution in [0.1, 0.15) is 32.4 Å². The number of nitrogens with zero attached hydrogens (tertiary/aromatic N) is 1. The molecular weight excluding hydrogens is 242 g/mol. The van der Waals surface area contributed by atoms with Crippen LogP contribution in [0.5, 0.6) is 0 Å². The van der Waals surface area contributed by atoms with Crippen molar-refractivity contribution in [1.82, 2.24) is 4.90 Å². The zero-order valence-electron chi connectivity index (χ0n) is 12.1. The highest BCUT2D eigenvalue weighted by atomic mass is 16.5. The Morgan fingerprint density at radius 3 is 2.42 bits per heavy atom. The van der Waals surface area contributed by atoms with Gasteiger partial charge in [-0.05, 0) is 33.4 Å². The fourth-order valence-corrected chi connectivity index (χ4v) is 2.13. The van der Waals surface area contributed by atoms with Crippen LogP contribution in [-0.2, 0) is 9.53 Å². The smallest absolute Gasteiger partial charge is 0.327 e. The molecule has 1 atom stereocenters. The summed E-state index contributed by atoms with van der Waals surface area (Å²) in [5.74, 6) is -0.291. The van der Waals surface area contributed by atoms with E-state index in [0.29, 0.717) is 13.2 Å². The Morgan fingerprint density at radius 2 is 1.95 bits per heavy atom. The van der Waals surface area contributed by atoms with Gasteiger partial charge in [-0.3, -0.25) is 4.90 Å². The summed E-state index contributed by atoms with van der Waals surface area (Å²) in [4.78, 5) is 13.9. The van der Waals surface area contributed by atoms with Gasteiger partial charge in [-0.15, -0.1) is 0 Å². The summed E-state index contributed by atoms with van der Waals surface area (Å²) < 4.78 is 5.13. The third-order valence-electron chi connectivity index (χ3n) is 2.70. The van der Waals surface area contributed by atoms with Gasteiger partial charge in [0.25, 0.3) is 0 Å². The van der Waals surface area contributed by atoms with Gasteiger partial charge in [0, 0.05) is 6.54 Å². The molecule has 0 heterocycles. The molecule has 1 unspecified atom stereocenters. The van der Waals surface area contributed by atoms with Crippen molar-refractivity contribution in [2.45, 2.75) is 32.4 Å². The molecule has 0 spiro atoms. The molecule has 0 amide bonds. The fraction of sp³-hybridized carbons (Fsp3) is 0.533. The van der Waals surface area contributed by atoms with E-state index in [4.69, 9.17) is 4.74 Å². The molecule has 0 radical (unpaired) electrons. The van der Waals surface area contributed by atoms with Crippen molar-refractivity contribution >= 4 is 5.97 Å². The van der Waals surface area contributed by atoms with Crippen molar-refractivity contribution in [1.29, 1.82) is 0 Å². The van der Waals surface area contributed by atoms with E-state index in [1.165, 1.54) is 0 Å². The highest BCUT2D eigenvalue weighted by molar-refractivity contribution is 5.77. The summed E-state index contributed by atoms with van der Waals surface area (Å²) in [6.07, 6.45) is 0. The second-order valence-corrected chi connectivity index (χ2v) is 5.29. The normalized spacial score (nSPS) is 13.4. The SMILES string of the molecule is CCOC(=O)C(c1ccccc1)N(C)CC(C)(C)O. The lowest BCUT2D eigenvalue weighted by molar-refractivity contribution is -0.150. The second kappa shape index (κ2) is 6.68. The van der Waals surface area contributed by atoms with E-state index in [9.17, 15) is 9.90 Å². The van der Waals surface area contributed by atoms with E-state index < -0.39 is 11.6 Å². The van der Waals surface area contributed by atoms with Crippen molar-refractivity contribution in [3.8, 4) is 0 Å². The molecule has 1 rings (SSSR count). The van der Waals surface area contributed by atoms with Crippen LogP contribution in [0.3, 0.4) is 0 Å². The molecular formula is C15H23NO3. The number of likely N-dealkylation sites (N-methyl/N-ethyl adjacent to an activating group) is 1. The topological polar surface area (TPSA) is 49.8 Å². The highest BCUT2D eigenvalue weighted by Crippen LogP contribution is 2.22. The molecule has 1 N–H and O–H groups in total. The van der Waals surface area contributed by atoms with Crippen LogP contribution in [0.2, 0.25) is 0 Å². The first-order valence-corrected chi connectivity index (χ1v) is 6.49. The van der Waals surface area contributed by atoms with Gasteiger partial charge in [0.2, 0.25) is 0 Å². The number of ether oxygens (including phenoxy) is 1. The Bertz CT molecular complexity index is 398. The van der Waals surface area contributed by atoms with Crippen LogP contribution < -0.4 is 0 Å². The standard InChI is InChI=1S/C15H23NO3/c1-5-19-14(17)13(12-9-7-6-8-10-12)16(4)11-15(2,3)18/h6-10,13,18H,5,11H2,1-4H3. The summed E-state index contributed by atoms with van der Waals surface area (Å²) in [6.45, 7) is 5.95. The van der Waals surface area contributed by atoms with Gasteiger partial charge >= 0.3 is 5.97 Å². The van der Waals surface area contributed by atoms with Crippen LogP contribution in [0.4, 0.5) is 0 Å². The van der Waals surface area contributed by atoms with Crippen LogP contribution in [0, 0.1) is 0 Å². The third kappa shape index (κ3) is 5.01. The quantitative estimate of drug-likeness (QED) is 0.799. The van der Waals surface area contributed by atoms with Gasteiger partial charge < -0.3 is 9.84 Å². The Kier molecular flexibility index (Phi) is 5.51. The van der Waals surface area contributed by atoms with E-state index in [-0.39, 0.29) is 5.97 Å². The number of aliphatic hydroxyl groups is 1. The first-order chi connectivity index (χ1) is 8.85. The van der Waals surface area contributed by atoms with Gasteiger partial charge in [0.05, 0.1) is 12.2 Å². The molecule has 0 aromatic heterocycles. The maximum Gasteiger partial charge on any atom is 0.327 e. The summed E-state index contributed by atoms with van der Waals surface area (Å²) in [5.41, 5.74) is 0.00145. The minimum absolute atomic E-state index is 0.291. The molecule has 4 heteroatoms. The van der Waals surface area contributed by atoms with Crippen molar-refractivity contribution in [2.24, 2.45) is 0 Å². The molecule has 4 nitrogen and oxygen atoms in total. The summed E-state index contributed by atoms with van der Waals surface area (Å²) in [7, 11) is 1.81. The van der Waals surface area contributed by atoms with Gasteiger partial charge in [-0.25, -0.2) is 4.79 Å². The van der Waals surface area contributed by atoms with Crippen molar-refractivity contribution in [3.63, 3.8) is 0 Å². The molecule has 0 aliphatic heterocycles. The van der Waals surface area contributed by atoms with Gasteiger partial charge in [0.1, 0.15) is 6.04 Å². The second-order valence-electron chi connectivity index (χ2n) is 5.29. The zero-order valence-corrected chi connectivity index (χ0v) is 12.1. The van der Waals surface area contributed by atoms with Crippen molar-refractivity contribution in [2.75, 3.05) is 20.2 Å². The lowest BCUT2D eigenvalue weighted by Gasteiger charge is -2.31. The van der Waals surface area contributed by atoms with E-state index >= 15 is 0 Å². The molecule has 1 aromatic rings. The van der Waals surface area contributed by atoms with Gasteiger partial charge in [0.15, 0.2) is 0 Å². The number of carbonyl (C=O) groups is 1. The molecule has 19 heavy (non-hydrogen) atoms. The Morgan fingerprint density at radius 1 is 1.37 bits per heavy atom. The monoisotopic (exact) mass is 265 g/mol. The van der Waals surface area contributed by atoms with E-state index in [1.807, 2.05) is 42.3 Å². The fourth-order valence-electron chi connectivity index (χ4n) is 2.13. The van der Waals surface area contributed by atoms with Gasteiger partial charge in [-0.2, -0.15) is 0 Å². The summed E-state index contributed by atoms with van der Waals surface area (Å²) >= 11 is 0. The number of carbonyl (C=O) groups excluding carboxylic acids is 1. The van der Waals surface area contributed by atoms with E-state index in [1.54, 1.807) is 20.8 Å². The molecule has 0 aliphatic rings. The molecule has 106 valence electrons. The predicted molar refractivity (Wildman–Crippen MR) is 74.7 cm³/mol. The Hall–Kier alpha value is -1.39. The minimum Gasteiger partial charge on any atom is -0.465 e. The number of rotatable bonds is 6. The van der Waals surface area contributed by atoms with Gasteiger partial charge in [-0.1, -0.05) is 30.3 Å². The van der Waals surface area contributed by atoms with Crippen molar-refractivity contribution in [3.05, 3.63) is 35.9 Å². The maximum absolute atomic E-state index is 12.1. The van der Waals surface area contributed by atoms with E-state index in [2.05, 4.69) is 0 Å². The van der Waals surface area contributed by atoms with Crippen LogP contribution >= 0.6 is 0 Å². The lowest BCUT2D eigenvalue weighted by atomic mass is 10.0. The Labute approximate surface area is 115 Å². The summed E-state index contributed by atoms with van der Waals surface area (Å²) in [5, 5.41) is 9.90. The van der Waals surface area contributed by atoms with Crippen LogP contribution in [0.25, 0.3) is 0 Å². The first kappa shape index (κ1) is 15.7. The van der Waals surface area contributed by atoms with Crippen molar-refractivity contribution < 1.29 is 14.6 Å². The third-order valence-corrected chi connectivity index (χ3v) is 2.70. The van der Waals surface area contributed by atoms with Crippen LogP contribution in [-0.4, -0.2) is 41.8 Å². The average Bonchev–Trinajstić information content (AvgIpc) is 2.28. The Balaban J connectivity index is 2.96. The number of benzene rings is 1. The molecule has 0 saturated carbocycles. The predicted octanol–water partition coefficient (Wildman–Crippen LogP) is 1.99. The zero-order chi connectivity index (χ0) is 14.5. The minimum atomic E-state index is -0.867. The van der Waals surface area contributed by atoms with Crippen LogP contribution in [0.15, 0.2) is 30.3 Å². The number of hydrogen-bond donors (Lipinski definition) is 1. The molecule has 0 saturated heterocycles.